The van der Waals surface area contributed by atoms with E-state index in [1.54, 1.807) is 0 Å². The zero-order valence-corrected chi connectivity index (χ0v) is 11.0. The van der Waals surface area contributed by atoms with Crippen molar-refractivity contribution in [3.8, 4) is 0 Å². The zero-order chi connectivity index (χ0) is 12.7. The maximum absolute atomic E-state index is 11.7. The van der Waals surface area contributed by atoms with Crippen molar-refractivity contribution >= 4 is 24.4 Å². The fraction of sp³-hybridized carbons (Fsp3) is 0.818. The third-order valence-corrected chi connectivity index (χ3v) is 3.02. The van der Waals surface area contributed by atoms with Crippen LogP contribution in [-0.4, -0.2) is 42.9 Å². The van der Waals surface area contributed by atoms with Crippen molar-refractivity contribution in [3.63, 3.8) is 0 Å². The molecule has 2 N–H and O–H groups in total. The van der Waals surface area contributed by atoms with Crippen LogP contribution < -0.4 is 10.6 Å². The molecule has 6 heteroatoms. The van der Waals surface area contributed by atoms with Crippen molar-refractivity contribution in [2.24, 2.45) is 0 Å². The van der Waals surface area contributed by atoms with E-state index < -0.39 is 6.04 Å². The van der Waals surface area contributed by atoms with Gasteiger partial charge in [0.1, 0.15) is 6.04 Å². The summed E-state index contributed by atoms with van der Waals surface area (Å²) in [5, 5.41) is 5.33. The molecule has 5 nitrogen and oxygen atoms in total. The first-order valence-corrected chi connectivity index (χ1v) is 6.54. The molecule has 0 bridgehead atoms. The van der Waals surface area contributed by atoms with Crippen LogP contribution in [0, 0.1) is 0 Å². The normalized spacial score (nSPS) is 21.6. The van der Waals surface area contributed by atoms with Crippen LogP contribution in [0.2, 0.25) is 0 Å². The number of carbonyl (C=O) groups is 2. The Labute approximate surface area is 107 Å². The van der Waals surface area contributed by atoms with E-state index in [1.807, 2.05) is 0 Å². The topological polar surface area (TPSA) is 67.4 Å². The first-order valence-electron chi connectivity index (χ1n) is 5.90. The maximum Gasteiger partial charge on any atom is 0.243 e. The summed E-state index contributed by atoms with van der Waals surface area (Å²) in [6.07, 6.45) is 3.31. The van der Waals surface area contributed by atoms with Crippen molar-refractivity contribution in [2.45, 2.75) is 38.3 Å². The molecule has 98 valence electrons. The average Bonchev–Trinajstić information content (AvgIpc) is 2.34. The second-order valence-corrected chi connectivity index (χ2v) is 4.53. The van der Waals surface area contributed by atoms with Gasteiger partial charge in [0.25, 0.3) is 0 Å². The Morgan fingerprint density at radius 1 is 1.47 bits per heavy atom. The first-order chi connectivity index (χ1) is 8.13. The Kier molecular flexibility index (Phi) is 6.36. The lowest BCUT2D eigenvalue weighted by molar-refractivity contribution is -0.128. The molecule has 1 fully saturated rings. The van der Waals surface area contributed by atoms with Crippen LogP contribution >= 0.6 is 12.6 Å². The monoisotopic (exact) mass is 260 g/mol. The minimum Gasteiger partial charge on any atom is -0.376 e. The van der Waals surface area contributed by atoms with Crippen LogP contribution in [0.25, 0.3) is 0 Å². The number of thiol groups is 1. The highest BCUT2D eigenvalue weighted by Gasteiger charge is 2.20. The van der Waals surface area contributed by atoms with Gasteiger partial charge in [0, 0.05) is 25.8 Å². The van der Waals surface area contributed by atoms with Gasteiger partial charge in [0.2, 0.25) is 11.8 Å². The van der Waals surface area contributed by atoms with Gasteiger partial charge in [-0.2, -0.15) is 12.6 Å². The number of rotatable bonds is 5. The van der Waals surface area contributed by atoms with Gasteiger partial charge in [0.15, 0.2) is 0 Å². The number of hydrogen-bond donors (Lipinski definition) is 3. The second-order valence-electron chi connectivity index (χ2n) is 4.17. The summed E-state index contributed by atoms with van der Waals surface area (Å²) in [5.74, 6) is -0.144. The summed E-state index contributed by atoms with van der Waals surface area (Å²) >= 11 is 4.04. The molecule has 0 aliphatic carbocycles. The van der Waals surface area contributed by atoms with Crippen LogP contribution in [-0.2, 0) is 14.3 Å². The molecule has 1 heterocycles. The number of carbonyl (C=O) groups excluding carboxylic acids is 2. The highest BCUT2D eigenvalue weighted by atomic mass is 32.1. The highest BCUT2D eigenvalue weighted by molar-refractivity contribution is 7.80. The van der Waals surface area contributed by atoms with Crippen LogP contribution in [0.3, 0.4) is 0 Å². The Morgan fingerprint density at radius 3 is 2.76 bits per heavy atom. The molecule has 1 aliphatic rings. The summed E-state index contributed by atoms with van der Waals surface area (Å²) < 4.78 is 5.50. The van der Waals surface area contributed by atoms with Crippen molar-refractivity contribution < 1.29 is 14.3 Å². The predicted molar refractivity (Wildman–Crippen MR) is 68.1 cm³/mol. The molecule has 0 aromatic heterocycles. The van der Waals surface area contributed by atoms with Gasteiger partial charge < -0.3 is 15.4 Å². The third kappa shape index (κ3) is 5.41. The van der Waals surface area contributed by atoms with Crippen LogP contribution in [0.5, 0.6) is 0 Å². The number of ether oxygens (including phenoxy) is 1. The largest absolute Gasteiger partial charge is 0.376 e. The molecule has 0 aromatic carbocycles. The summed E-state index contributed by atoms with van der Waals surface area (Å²) in [5.41, 5.74) is 0. The van der Waals surface area contributed by atoms with E-state index in [4.69, 9.17) is 4.74 Å². The smallest absolute Gasteiger partial charge is 0.243 e. The second kappa shape index (κ2) is 7.55. The van der Waals surface area contributed by atoms with E-state index in [0.29, 0.717) is 6.54 Å². The molecule has 2 amide bonds. The fourth-order valence-corrected chi connectivity index (χ4v) is 2.00. The molecule has 0 aromatic rings. The lowest BCUT2D eigenvalue weighted by Gasteiger charge is -2.24. The molecule has 2 unspecified atom stereocenters. The average molecular weight is 260 g/mol. The molecule has 1 aliphatic heterocycles. The van der Waals surface area contributed by atoms with Gasteiger partial charge in [-0.15, -0.1) is 0 Å². The minimum atomic E-state index is -0.570. The van der Waals surface area contributed by atoms with E-state index in [-0.39, 0.29) is 23.7 Å². The zero-order valence-electron chi connectivity index (χ0n) is 10.1. The summed E-state index contributed by atoms with van der Waals surface area (Å²) in [6.45, 7) is 2.65. The lowest BCUT2D eigenvalue weighted by Crippen LogP contribution is -2.49. The van der Waals surface area contributed by atoms with Crippen LogP contribution in [0.4, 0.5) is 0 Å². The predicted octanol–water partition coefficient (Wildman–Crippen LogP) is 0.106. The van der Waals surface area contributed by atoms with Crippen molar-refractivity contribution in [1.82, 2.24) is 10.6 Å². The molecule has 2 atom stereocenters. The number of hydrogen-bond acceptors (Lipinski definition) is 4. The molecule has 0 spiro atoms. The summed E-state index contributed by atoms with van der Waals surface area (Å²) in [4.78, 5) is 22.6. The standard InChI is InChI=1S/C11H20N2O3S/c1-8(14)13-10(7-17)11(15)12-6-9-4-2-3-5-16-9/h9-10,17H,2-7H2,1H3,(H,12,15)(H,13,14). The summed E-state index contributed by atoms with van der Waals surface area (Å²) in [7, 11) is 0. The molecular formula is C11H20N2O3S. The molecule has 17 heavy (non-hydrogen) atoms. The highest BCUT2D eigenvalue weighted by Crippen LogP contribution is 2.11. The van der Waals surface area contributed by atoms with Gasteiger partial charge in [0.05, 0.1) is 6.10 Å². The Morgan fingerprint density at radius 2 is 2.24 bits per heavy atom. The Bertz CT molecular complexity index is 267. The van der Waals surface area contributed by atoms with E-state index in [1.165, 1.54) is 6.92 Å². The van der Waals surface area contributed by atoms with E-state index in [9.17, 15) is 9.59 Å². The van der Waals surface area contributed by atoms with Crippen molar-refractivity contribution in [3.05, 3.63) is 0 Å². The van der Waals surface area contributed by atoms with Gasteiger partial charge in [-0.25, -0.2) is 0 Å². The number of amides is 2. The van der Waals surface area contributed by atoms with E-state index in [0.717, 1.165) is 25.9 Å². The molecule has 0 saturated carbocycles. The van der Waals surface area contributed by atoms with Gasteiger partial charge in [-0.3, -0.25) is 9.59 Å². The first kappa shape index (κ1) is 14.3. The third-order valence-electron chi connectivity index (χ3n) is 2.65. The quantitative estimate of drug-likeness (QED) is 0.615. The van der Waals surface area contributed by atoms with Crippen molar-refractivity contribution in [1.29, 1.82) is 0 Å². The summed E-state index contributed by atoms with van der Waals surface area (Å²) in [6, 6.07) is -0.570. The Hall–Kier alpha value is -0.750. The van der Waals surface area contributed by atoms with Gasteiger partial charge in [-0.1, -0.05) is 0 Å². The van der Waals surface area contributed by atoms with Crippen LogP contribution in [0.15, 0.2) is 0 Å². The van der Waals surface area contributed by atoms with Gasteiger partial charge in [-0.05, 0) is 19.3 Å². The molecule has 1 rings (SSSR count). The lowest BCUT2D eigenvalue weighted by atomic mass is 10.1. The van der Waals surface area contributed by atoms with Crippen LogP contribution in [0.1, 0.15) is 26.2 Å². The van der Waals surface area contributed by atoms with E-state index in [2.05, 4.69) is 23.3 Å². The fourth-order valence-electron chi connectivity index (χ4n) is 1.75. The maximum atomic E-state index is 11.7. The molecule has 1 saturated heterocycles. The SMILES string of the molecule is CC(=O)NC(CS)C(=O)NCC1CCCCO1. The van der Waals surface area contributed by atoms with Gasteiger partial charge >= 0.3 is 0 Å². The number of nitrogens with one attached hydrogen (secondary N) is 2. The van der Waals surface area contributed by atoms with E-state index >= 15 is 0 Å². The van der Waals surface area contributed by atoms with Crippen molar-refractivity contribution in [2.75, 3.05) is 18.9 Å². The minimum absolute atomic E-state index is 0.102. The molecular weight excluding hydrogens is 240 g/mol. The Balaban J connectivity index is 2.28. The molecule has 0 radical (unpaired) electrons.